The molecule has 0 aromatic heterocycles. The average Bonchev–Trinajstić information content (AvgIpc) is 0. The second-order valence-corrected chi connectivity index (χ2v) is 0. The van der Waals surface area contributed by atoms with Crippen LogP contribution in [0.15, 0.2) is 0 Å². The van der Waals surface area contributed by atoms with Gasteiger partial charge in [0.1, 0.15) is 0 Å². The van der Waals surface area contributed by atoms with Gasteiger partial charge in [0.15, 0.2) is 17.4 Å². The first-order chi connectivity index (χ1) is 0. The van der Waals surface area contributed by atoms with Crippen LogP contribution >= 0.6 is 0 Å². The number of hydrogen-bond acceptors (Lipinski definition) is 0. The van der Waals surface area contributed by atoms with Crippen LogP contribution in [0.4, 0.5) is 0 Å². The van der Waals surface area contributed by atoms with Crippen LogP contribution < -0.4 is 0 Å². The normalized spacial score (nSPS) is 0. The maximum Gasteiger partial charge on any atom is 0.316 e. The van der Waals surface area contributed by atoms with Crippen molar-refractivity contribution in [2.45, 2.75) is 0 Å². The largest absolute Gasteiger partial charge is 0.316 e. The van der Waals surface area contributed by atoms with Crippen molar-refractivity contribution in [2.75, 3.05) is 0 Å². The van der Waals surface area contributed by atoms with Gasteiger partial charge in [-0.3, -0.25) is 0 Å². The summed E-state index contributed by atoms with van der Waals surface area (Å²) in [7, 11) is 0. The number of rotatable bonds is 0. The summed E-state index contributed by atoms with van der Waals surface area (Å²) in [6, 6.07) is 0. The predicted octanol–water partition coefficient (Wildman–Crippen LogP) is -2.11. The van der Waals surface area contributed by atoms with Crippen LogP contribution in [0.1, 0.15) is 0 Å². The fourth-order valence-corrected chi connectivity index (χ4v) is 0. The van der Waals surface area contributed by atoms with Crippen LogP contribution in [0, 0.1) is 0 Å². The zero-order valence-corrected chi connectivity index (χ0v) is 6.90. The summed E-state index contributed by atoms with van der Waals surface area (Å²) in [5.74, 6) is 0. The van der Waals surface area contributed by atoms with Gasteiger partial charge in [-0.2, -0.15) is 0 Å². The Labute approximate surface area is 107 Å². The van der Waals surface area contributed by atoms with Crippen molar-refractivity contribution in [3.8, 4) is 0 Å². The van der Waals surface area contributed by atoms with Crippen LogP contribution in [-0.4, -0.2) is 40.4 Å². The molecule has 0 spiro atoms. The van der Waals surface area contributed by atoms with Gasteiger partial charge in [-0.1, -0.05) is 0 Å². The van der Waals surface area contributed by atoms with Crippen LogP contribution in [-0.2, 0) is 69.1 Å². The third-order valence-electron chi connectivity index (χ3n) is 0. The molecule has 24 valence electrons. The van der Waals surface area contributed by atoms with E-state index in [0.717, 1.165) is 0 Å². The molecule has 5 heteroatoms. The molecule has 0 aliphatic rings. The summed E-state index contributed by atoms with van der Waals surface area (Å²) in [4.78, 5) is 0. The molecule has 0 N–H and O–H groups in total. The smallest absolute Gasteiger partial charge is 0 e. The Morgan fingerprint density at radius 3 is 1.00 bits per heavy atom. The molecule has 0 aromatic carbocycles. The van der Waals surface area contributed by atoms with Gasteiger partial charge in [-0.15, -0.1) is 0 Å². The van der Waals surface area contributed by atoms with E-state index in [-0.39, 0.29) is 110 Å². The zero-order valence-electron chi connectivity index (χ0n) is 1.46. The molecule has 2 radical (unpaired) electrons. The van der Waals surface area contributed by atoms with Crippen molar-refractivity contribution < 1.29 is 69.1 Å². The molecule has 0 rings (SSSR count). The molecule has 0 bridgehead atoms. The molecule has 0 atom stereocenters. The van der Waals surface area contributed by atoms with Gasteiger partial charge < -0.3 is 0 Å². The maximum atomic E-state index is 0. The molecule has 0 nitrogen and oxygen atoms in total. The first-order valence-electron chi connectivity index (χ1n) is 0. The Kier molecular flexibility index (Phi) is 198. The summed E-state index contributed by atoms with van der Waals surface area (Å²) in [6.07, 6.45) is 0. The molecule has 5 heavy (non-hydrogen) atoms. The van der Waals surface area contributed by atoms with Gasteiger partial charge >= 0.3 is 23.1 Å². The van der Waals surface area contributed by atoms with E-state index in [1.807, 2.05) is 0 Å². The van der Waals surface area contributed by atoms with E-state index >= 15 is 0 Å². The Bertz CT molecular complexity index is 11.6. The molecule has 0 heterocycles. The Morgan fingerprint density at radius 1 is 1.00 bits per heavy atom. The van der Waals surface area contributed by atoms with Gasteiger partial charge in [0.2, 0.25) is 0 Å². The fraction of sp³-hybridized carbons (Fsp3) is 0. The van der Waals surface area contributed by atoms with Gasteiger partial charge in [0, 0.05) is 69.1 Å². The molecule has 0 aliphatic carbocycles. The second kappa shape index (κ2) is 25.6. The standard InChI is InChI=1S/Al.Mg.Mn.Sc.Zr.5H. The average molecular weight is 247 g/mol. The third-order valence-corrected chi connectivity index (χ3v) is 0. The van der Waals surface area contributed by atoms with Crippen molar-refractivity contribution in [3.05, 3.63) is 0 Å². The monoisotopic (exact) mass is 246 g/mol. The van der Waals surface area contributed by atoms with E-state index in [1.165, 1.54) is 0 Å². The number of hydrogen-bond donors (Lipinski definition) is 0. The van der Waals surface area contributed by atoms with Crippen molar-refractivity contribution in [1.29, 1.82) is 0 Å². The minimum Gasteiger partial charge on any atom is 0 e. The van der Waals surface area contributed by atoms with E-state index in [1.54, 1.807) is 0 Å². The van der Waals surface area contributed by atoms with Crippen molar-refractivity contribution in [3.63, 3.8) is 0 Å². The molecule has 0 unspecified atom stereocenters. The first-order valence-corrected chi connectivity index (χ1v) is 0. The second-order valence-electron chi connectivity index (χ2n) is 0. The minimum atomic E-state index is 0. The van der Waals surface area contributed by atoms with Crippen molar-refractivity contribution in [1.82, 2.24) is 0 Å². The zero-order chi connectivity index (χ0) is 0. The van der Waals surface area contributed by atoms with Crippen LogP contribution in [0.25, 0.3) is 0 Å². The molecule has 0 fully saturated rings. The first kappa shape index (κ1) is 38.5. The molecular formula is H5AlMgMnScZr. The molecule has 0 amide bonds. The Morgan fingerprint density at radius 2 is 1.00 bits per heavy atom. The maximum absolute atomic E-state index is 0. The molecule has 0 aromatic rings. The molecule has 0 aliphatic heterocycles. The topological polar surface area (TPSA) is 0 Å². The predicted molar refractivity (Wildman–Crippen MR) is 18.5 cm³/mol. The Balaban J connectivity index is 0. The summed E-state index contributed by atoms with van der Waals surface area (Å²) < 4.78 is 0. The molecular weight excluding hydrogens is 242 g/mol. The summed E-state index contributed by atoms with van der Waals surface area (Å²) >= 11 is 0. The summed E-state index contributed by atoms with van der Waals surface area (Å²) in [5, 5.41) is 0. The quantitative estimate of drug-likeness (QED) is 0.430. The van der Waals surface area contributed by atoms with Gasteiger partial charge in [-0.05, 0) is 0 Å². The minimum absolute atomic E-state index is 0. The van der Waals surface area contributed by atoms with Crippen molar-refractivity contribution in [2.24, 2.45) is 0 Å². The summed E-state index contributed by atoms with van der Waals surface area (Å²) in [6.45, 7) is 0. The molecule has 0 saturated carbocycles. The van der Waals surface area contributed by atoms with Crippen molar-refractivity contribution >= 4 is 40.4 Å². The van der Waals surface area contributed by atoms with E-state index < -0.39 is 0 Å². The van der Waals surface area contributed by atoms with E-state index in [9.17, 15) is 0 Å². The van der Waals surface area contributed by atoms with Gasteiger partial charge in [-0.25, -0.2) is 0 Å². The van der Waals surface area contributed by atoms with Crippen LogP contribution in [0.5, 0.6) is 0 Å². The third kappa shape index (κ3) is 18.4. The van der Waals surface area contributed by atoms with Gasteiger partial charge in [0.25, 0.3) is 0 Å². The SMILES string of the molecule is [AlH3].[MgH2].[Mn].[Sc].[Zr]. The van der Waals surface area contributed by atoms with Crippen LogP contribution in [0.2, 0.25) is 0 Å². The van der Waals surface area contributed by atoms with Crippen LogP contribution in [0.3, 0.4) is 0 Å². The van der Waals surface area contributed by atoms with Gasteiger partial charge in [0.05, 0.1) is 0 Å². The Hall–Kier alpha value is 3.57. The van der Waals surface area contributed by atoms with E-state index in [4.69, 9.17) is 0 Å². The fourth-order valence-electron chi connectivity index (χ4n) is 0. The van der Waals surface area contributed by atoms with E-state index in [0.29, 0.717) is 0 Å². The molecule has 0 saturated heterocycles. The summed E-state index contributed by atoms with van der Waals surface area (Å²) in [5.41, 5.74) is 0. The van der Waals surface area contributed by atoms with E-state index in [2.05, 4.69) is 0 Å².